The van der Waals surface area contributed by atoms with Crippen LogP contribution in [0, 0.1) is 23.1 Å². The van der Waals surface area contributed by atoms with Crippen LogP contribution in [-0.2, 0) is 23.1 Å². The van der Waals surface area contributed by atoms with Crippen LogP contribution < -0.4 is 16.0 Å². The number of halogens is 1. The van der Waals surface area contributed by atoms with Gasteiger partial charge in [0.25, 0.3) is 11.8 Å². The molecular weight excluding hydrogens is 625 g/mol. The van der Waals surface area contributed by atoms with E-state index in [1.54, 1.807) is 43.3 Å². The Hall–Kier alpha value is -5.48. The van der Waals surface area contributed by atoms with Gasteiger partial charge in [-0.1, -0.05) is 24.3 Å². The van der Waals surface area contributed by atoms with Gasteiger partial charge in [0.05, 0.1) is 18.0 Å². The maximum atomic E-state index is 14.3. The zero-order valence-electron chi connectivity index (χ0n) is 27.2. The number of fused-ring (bicyclic) bond motifs is 3. The smallest absolute Gasteiger partial charge is 0.251 e. The normalized spacial score (nSPS) is 20.5. The molecule has 4 aromatic rings. The van der Waals surface area contributed by atoms with Crippen molar-refractivity contribution in [3.63, 3.8) is 0 Å². The summed E-state index contributed by atoms with van der Waals surface area (Å²) in [6.45, 7) is -0.0425. The number of aromatic amines is 1. The molecule has 0 bridgehead atoms. The van der Waals surface area contributed by atoms with Gasteiger partial charge in [-0.15, -0.1) is 5.10 Å². The monoisotopic (exact) mass is 661 g/mol. The van der Waals surface area contributed by atoms with Crippen molar-refractivity contribution in [2.75, 3.05) is 20.6 Å². The molecule has 0 radical (unpaired) electrons. The van der Waals surface area contributed by atoms with E-state index in [9.17, 15) is 24.0 Å². The van der Waals surface area contributed by atoms with Crippen LogP contribution in [0.5, 0.6) is 0 Å². The standard InChI is InChI=1S/C36H36FN9O3/c1-39-33(48)23-7-11-28-21(13-23)3-4-22-14-24(34(49)40-2)8-12-29(22)36(28,35-42-44-45-43-35)17-30(20-5-9-26(37)10-6-20)41-19-32(47)46-27(18-38)15-25-16-31(25)46/h5-14,25,27,30-31,41H,3-4,15-17,19H2,1-2H3,(H,39,48)(H,40,49)(H,42,43,44,45)/t25-,27?,30-,31+/m1/s1. The number of hydrogen-bond donors (Lipinski definition) is 4. The number of carbonyl (C=O) groups excluding carboxylic acids is 3. The van der Waals surface area contributed by atoms with Gasteiger partial charge in [0.15, 0.2) is 5.82 Å². The Kier molecular flexibility index (Phi) is 8.42. The minimum Gasteiger partial charge on any atom is -0.355 e. The summed E-state index contributed by atoms with van der Waals surface area (Å²) in [7, 11) is 3.17. The van der Waals surface area contributed by atoms with Gasteiger partial charge < -0.3 is 20.9 Å². The predicted octanol–water partition coefficient (Wildman–Crippen LogP) is 2.72. The highest BCUT2D eigenvalue weighted by molar-refractivity contribution is 5.95. The molecule has 49 heavy (non-hydrogen) atoms. The van der Waals surface area contributed by atoms with Crippen molar-refractivity contribution < 1.29 is 18.8 Å². The fourth-order valence-electron chi connectivity index (χ4n) is 7.87. The lowest BCUT2D eigenvalue weighted by Crippen LogP contribution is -2.45. The number of tetrazole rings is 1. The Labute approximate surface area is 282 Å². The fraction of sp³-hybridized carbons (Fsp3) is 0.361. The molecule has 4 N–H and O–H groups in total. The molecule has 1 saturated carbocycles. The van der Waals surface area contributed by atoms with Crippen molar-refractivity contribution in [2.24, 2.45) is 5.92 Å². The molecule has 7 rings (SSSR count). The highest BCUT2D eigenvalue weighted by atomic mass is 19.1. The highest BCUT2D eigenvalue weighted by Gasteiger charge is 2.54. The fourth-order valence-corrected chi connectivity index (χ4v) is 7.87. The molecule has 4 atom stereocenters. The summed E-state index contributed by atoms with van der Waals surface area (Å²) in [5.41, 5.74) is 4.17. The highest BCUT2D eigenvalue weighted by Crippen LogP contribution is 2.50. The maximum absolute atomic E-state index is 14.3. The minimum atomic E-state index is -1.08. The summed E-state index contributed by atoms with van der Waals surface area (Å²) in [4.78, 5) is 41.0. The number of rotatable bonds is 9. The van der Waals surface area contributed by atoms with E-state index < -0.39 is 23.3 Å². The topological polar surface area (TPSA) is 169 Å². The zero-order valence-corrected chi connectivity index (χ0v) is 27.2. The van der Waals surface area contributed by atoms with Crippen LogP contribution in [0.25, 0.3) is 0 Å². The third-order valence-corrected chi connectivity index (χ3v) is 10.3. The van der Waals surface area contributed by atoms with Gasteiger partial charge in [-0.25, -0.2) is 9.49 Å². The number of hydrogen-bond acceptors (Lipinski definition) is 8. The Morgan fingerprint density at radius 2 is 1.61 bits per heavy atom. The number of H-pyrrole nitrogens is 1. The molecule has 2 fully saturated rings. The largest absolute Gasteiger partial charge is 0.355 e. The second-order valence-electron chi connectivity index (χ2n) is 13.0. The van der Waals surface area contributed by atoms with E-state index in [0.29, 0.717) is 42.1 Å². The Morgan fingerprint density at radius 1 is 0.980 bits per heavy atom. The summed E-state index contributed by atoms with van der Waals surface area (Å²) in [5, 5.41) is 34.1. The summed E-state index contributed by atoms with van der Waals surface area (Å²) >= 11 is 0. The van der Waals surface area contributed by atoms with Crippen LogP contribution in [0.2, 0.25) is 0 Å². The molecule has 2 aliphatic carbocycles. The average molecular weight is 662 g/mol. The number of aromatic nitrogens is 4. The molecule has 2 heterocycles. The van der Waals surface area contributed by atoms with E-state index in [0.717, 1.165) is 34.2 Å². The lowest BCUT2D eigenvalue weighted by atomic mass is 9.67. The van der Waals surface area contributed by atoms with Crippen molar-refractivity contribution in [2.45, 2.75) is 55.6 Å². The number of carbonyl (C=O) groups is 3. The molecule has 1 unspecified atom stereocenters. The number of likely N-dealkylation sites (tertiary alicyclic amines) is 1. The van der Waals surface area contributed by atoms with Crippen molar-refractivity contribution in [1.29, 1.82) is 5.26 Å². The van der Waals surface area contributed by atoms with Gasteiger partial charge in [0, 0.05) is 37.3 Å². The molecule has 12 nitrogen and oxygen atoms in total. The number of aryl methyl sites for hydroxylation is 2. The summed E-state index contributed by atoms with van der Waals surface area (Å²) in [6, 6.07) is 18.7. The molecule has 3 aliphatic rings. The van der Waals surface area contributed by atoms with Crippen LogP contribution in [0.3, 0.4) is 0 Å². The van der Waals surface area contributed by atoms with Gasteiger partial charge in [0.2, 0.25) is 5.91 Å². The number of amides is 3. The van der Waals surface area contributed by atoms with Gasteiger partial charge >= 0.3 is 0 Å². The van der Waals surface area contributed by atoms with E-state index in [2.05, 4.69) is 42.6 Å². The summed E-state index contributed by atoms with van der Waals surface area (Å²) < 4.78 is 14.3. The molecule has 250 valence electrons. The number of nitrogens with one attached hydrogen (secondary N) is 4. The molecule has 3 aromatic carbocycles. The van der Waals surface area contributed by atoms with Crippen LogP contribution in [0.15, 0.2) is 60.7 Å². The van der Waals surface area contributed by atoms with E-state index in [1.165, 1.54) is 12.1 Å². The second-order valence-corrected chi connectivity index (χ2v) is 13.0. The lowest BCUT2D eigenvalue weighted by Gasteiger charge is -2.38. The van der Waals surface area contributed by atoms with Gasteiger partial charge in [0.1, 0.15) is 11.9 Å². The first kappa shape index (κ1) is 32.1. The van der Waals surface area contributed by atoms with Crippen LogP contribution >= 0.6 is 0 Å². The van der Waals surface area contributed by atoms with Crippen LogP contribution in [0.4, 0.5) is 4.39 Å². The first-order valence-corrected chi connectivity index (χ1v) is 16.4. The van der Waals surface area contributed by atoms with Crippen LogP contribution in [0.1, 0.15) is 79.7 Å². The van der Waals surface area contributed by atoms with E-state index in [-0.39, 0.29) is 36.7 Å². The second kappa shape index (κ2) is 12.9. The Balaban J connectivity index is 1.38. The molecular formula is C36H36FN9O3. The van der Waals surface area contributed by atoms with Crippen molar-refractivity contribution in [3.8, 4) is 6.07 Å². The number of nitrogens with zero attached hydrogens (tertiary/aromatic N) is 5. The lowest BCUT2D eigenvalue weighted by molar-refractivity contribution is -0.131. The van der Waals surface area contributed by atoms with E-state index in [1.807, 2.05) is 24.3 Å². The average Bonchev–Trinajstić information content (AvgIpc) is 3.51. The Morgan fingerprint density at radius 3 is 2.16 bits per heavy atom. The minimum absolute atomic E-state index is 0.0425. The number of nitriles is 1. The third-order valence-electron chi connectivity index (χ3n) is 10.3. The molecule has 13 heteroatoms. The third kappa shape index (κ3) is 5.72. The predicted molar refractivity (Wildman–Crippen MR) is 176 cm³/mol. The van der Waals surface area contributed by atoms with Crippen molar-refractivity contribution in [3.05, 3.63) is 111 Å². The summed E-state index contributed by atoms with van der Waals surface area (Å²) in [6.07, 6.45) is 3.01. The Bertz CT molecular complexity index is 1890. The molecule has 1 aliphatic heterocycles. The van der Waals surface area contributed by atoms with Crippen molar-refractivity contribution in [1.82, 2.24) is 41.5 Å². The van der Waals surface area contributed by atoms with Gasteiger partial charge in [-0.3, -0.25) is 14.4 Å². The number of benzene rings is 3. The van der Waals surface area contributed by atoms with Gasteiger partial charge in [-0.2, -0.15) is 5.26 Å². The molecule has 0 spiro atoms. The van der Waals surface area contributed by atoms with Crippen molar-refractivity contribution >= 4 is 17.7 Å². The first-order chi connectivity index (χ1) is 23.8. The SMILES string of the molecule is CNC(=O)c1ccc2c(c1)CCc1cc(C(=O)NC)ccc1C2(C[C@@H](NCC(=O)N1C(C#N)C[C@@H]2C[C@@H]21)c1ccc(F)cc1)c1nnn[nH]1. The van der Waals surface area contributed by atoms with E-state index >= 15 is 0 Å². The zero-order chi connectivity index (χ0) is 34.3. The summed E-state index contributed by atoms with van der Waals surface area (Å²) in [5.74, 6) is -0.192. The van der Waals surface area contributed by atoms with E-state index in [4.69, 9.17) is 0 Å². The van der Waals surface area contributed by atoms with Crippen LogP contribution in [-0.4, -0.2) is 76.0 Å². The first-order valence-electron chi connectivity index (χ1n) is 16.4. The van der Waals surface area contributed by atoms with Gasteiger partial charge in [-0.05, 0) is 113 Å². The molecule has 1 saturated heterocycles. The quantitative estimate of drug-likeness (QED) is 0.212. The molecule has 1 aromatic heterocycles. The number of piperidine rings is 1. The molecule has 3 amide bonds. The maximum Gasteiger partial charge on any atom is 0.251 e.